The van der Waals surface area contributed by atoms with Crippen molar-refractivity contribution in [2.45, 2.75) is 107 Å². The van der Waals surface area contributed by atoms with Gasteiger partial charge in [-0.2, -0.15) is 76.9 Å². The van der Waals surface area contributed by atoms with Gasteiger partial charge in [0.05, 0.1) is 0 Å². The van der Waals surface area contributed by atoms with Gasteiger partial charge in [0.2, 0.25) is 0 Å². The Balaban J connectivity index is -0.000000598. The van der Waals surface area contributed by atoms with Gasteiger partial charge >= 0.3 is 30.2 Å². The van der Waals surface area contributed by atoms with E-state index in [1.807, 2.05) is 12.2 Å². The van der Waals surface area contributed by atoms with Crippen molar-refractivity contribution in [3.8, 4) is 11.1 Å². The molecule has 2 aromatic carbocycles. The molecule has 0 aliphatic heterocycles. The Kier molecular flexibility index (Phi) is 22.7. The molecule has 0 fully saturated rings. The van der Waals surface area contributed by atoms with E-state index in [9.17, 15) is 0 Å². The Bertz CT molecular complexity index is 894. The van der Waals surface area contributed by atoms with Crippen LogP contribution < -0.4 is 0 Å². The van der Waals surface area contributed by atoms with E-state index < -0.39 is 0 Å². The Labute approximate surface area is 266 Å². The van der Waals surface area contributed by atoms with Crippen LogP contribution in [0.25, 0.3) is 11.1 Å². The van der Waals surface area contributed by atoms with Crippen molar-refractivity contribution in [1.82, 2.24) is 0 Å². The van der Waals surface area contributed by atoms with Crippen molar-refractivity contribution in [2.24, 2.45) is 0 Å². The van der Waals surface area contributed by atoms with Crippen LogP contribution in [-0.4, -0.2) is 6.88 Å². The minimum absolute atomic E-state index is 0. The molecule has 38 heavy (non-hydrogen) atoms. The summed E-state index contributed by atoms with van der Waals surface area (Å²) in [6, 6.07) is 15.1. The van der Waals surface area contributed by atoms with Gasteiger partial charge in [0.15, 0.2) is 0 Å². The quantitative estimate of drug-likeness (QED) is 0.168. The van der Waals surface area contributed by atoms with Crippen molar-refractivity contribution in [3.05, 3.63) is 94.8 Å². The summed E-state index contributed by atoms with van der Waals surface area (Å²) in [5.41, 5.74) is 8.76. The molecule has 0 unspecified atom stereocenters. The molecule has 4 rings (SSSR count). The zero-order valence-corrected chi connectivity index (χ0v) is 30.9. The first kappa shape index (κ1) is 42.1. The van der Waals surface area contributed by atoms with Gasteiger partial charge in [0.1, 0.15) is 0 Å². The second-order valence-electron chi connectivity index (χ2n) is 12.3. The van der Waals surface area contributed by atoms with Crippen molar-refractivity contribution in [3.63, 3.8) is 0 Å². The molecule has 2 aromatic rings. The normalized spacial score (nSPS) is 12.0. The number of hydrogen-bond acceptors (Lipinski definition) is 0. The number of halogens is 2. The molecule has 0 N–H and O–H groups in total. The Hall–Kier alpha value is -0.400. The molecule has 0 nitrogen and oxygen atoms in total. The summed E-state index contributed by atoms with van der Waals surface area (Å²) >= 11 is 1.36. The number of allylic oxidation sites excluding steroid dienone is 4. The van der Waals surface area contributed by atoms with E-state index in [2.05, 4.69) is 139 Å². The van der Waals surface area contributed by atoms with E-state index >= 15 is 0 Å². The molecule has 0 heterocycles. The molecule has 2 aliphatic rings. The summed E-state index contributed by atoms with van der Waals surface area (Å²) in [7, 11) is 0. The molecule has 0 saturated heterocycles. The van der Waals surface area contributed by atoms with Gasteiger partial charge in [-0.1, -0.05) is 76.3 Å². The fourth-order valence-electron chi connectivity index (χ4n) is 3.32. The fraction of sp³-hybridized carbons (Fsp3) is 0.471. The standard InChI is InChI=1S/C21H25.C5H5.2C4H9.2ClH.Si.Zr/c1-20(2,3)16-9-7-14-11-15-8-10-17(21(4,5)6)13-19(15)18(14)12-16;1-2-4-5-3-1;2*1-4(2)3;;;;/h7,9-10,12-13H,11H2,1-6H3;1-3H,4H2;2*1-3H3;2*1H;;/q4*-1;;;;. The molecule has 2 radical (unpaired) electrons. The summed E-state index contributed by atoms with van der Waals surface area (Å²) in [4.78, 5) is 0. The average Bonchev–Trinajstić information content (AvgIpc) is 3.44. The second kappa shape index (κ2) is 20.5. The Morgan fingerprint density at radius 2 is 1.24 bits per heavy atom. The summed E-state index contributed by atoms with van der Waals surface area (Å²) in [5, 5.41) is 0. The van der Waals surface area contributed by atoms with Crippen LogP contribution in [0.1, 0.15) is 112 Å². The number of benzene rings is 2. The average molecular weight is 649 g/mol. The summed E-state index contributed by atoms with van der Waals surface area (Å²) in [5.74, 6) is 2.83. The SMILES string of the molecule is CC(C)(C)c1c[c-]c2c(c1)-c1cc(C(C)(C)C)ccc1C2.C[C-](C)C.C[C-](C)C.Cl.Cl.[C-]1=CC=CC1.[Si]=[Zr]. The molecule has 2 aliphatic carbocycles. The van der Waals surface area contributed by atoms with Gasteiger partial charge in [-0.25, -0.2) is 12.2 Å². The van der Waals surface area contributed by atoms with Crippen LogP contribution in [0.3, 0.4) is 0 Å². The number of rotatable bonds is 0. The van der Waals surface area contributed by atoms with E-state index in [1.54, 1.807) is 0 Å². The van der Waals surface area contributed by atoms with Crippen LogP contribution in [0.2, 0.25) is 0 Å². The first-order valence-corrected chi connectivity index (χ1v) is 17.0. The molecule has 0 amide bonds. The summed E-state index contributed by atoms with van der Waals surface area (Å²) in [6.45, 7) is 29.2. The minimum atomic E-state index is 0. The summed E-state index contributed by atoms with van der Waals surface area (Å²) in [6.07, 6.45) is 11.0. The molecule has 4 heteroatoms. The number of hydrogen-bond donors (Lipinski definition) is 0. The predicted octanol–water partition coefficient (Wildman–Crippen LogP) is 10.7. The van der Waals surface area contributed by atoms with E-state index in [4.69, 9.17) is 0 Å². The predicted molar refractivity (Wildman–Crippen MR) is 173 cm³/mol. The molecule has 212 valence electrons. The maximum absolute atomic E-state index is 3.53. The molecular formula is C34H50Cl2SiZr-4. The van der Waals surface area contributed by atoms with E-state index in [1.165, 1.54) is 68.6 Å². The van der Waals surface area contributed by atoms with Crippen LogP contribution >= 0.6 is 24.8 Å². The molecule has 0 atom stereocenters. The van der Waals surface area contributed by atoms with E-state index in [0.717, 1.165) is 12.8 Å². The van der Waals surface area contributed by atoms with Gasteiger partial charge in [-0.05, 0) is 17.4 Å². The van der Waals surface area contributed by atoms with Crippen LogP contribution in [0.15, 0.2) is 48.6 Å². The van der Waals surface area contributed by atoms with Crippen molar-refractivity contribution >= 4 is 31.7 Å². The maximum atomic E-state index is 3.53. The van der Waals surface area contributed by atoms with Crippen LogP contribution in [0.5, 0.6) is 0 Å². The number of fused-ring (bicyclic) bond motifs is 3. The molecule has 0 saturated carbocycles. The van der Waals surface area contributed by atoms with E-state index in [-0.39, 0.29) is 35.6 Å². The van der Waals surface area contributed by atoms with Gasteiger partial charge in [0, 0.05) is 0 Å². The zero-order chi connectivity index (χ0) is 28.1. The summed E-state index contributed by atoms with van der Waals surface area (Å²) < 4.78 is 0. The Morgan fingerprint density at radius 3 is 1.61 bits per heavy atom. The van der Waals surface area contributed by atoms with E-state index in [0.29, 0.717) is 0 Å². The Morgan fingerprint density at radius 1 is 0.763 bits per heavy atom. The third-order valence-corrected chi connectivity index (χ3v) is 5.11. The van der Waals surface area contributed by atoms with Crippen molar-refractivity contribution < 1.29 is 23.3 Å². The van der Waals surface area contributed by atoms with Gasteiger partial charge in [-0.15, -0.1) is 36.8 Å². The first-order chi connectivity index (χ1) is 16.6. The van der Waals surface area contributed by atoms with Crippen molar-refractivity contribution in [1.29, 1.82) is 0 Å². The van der Waals surface area contributed by atoms with Gasteiger partial charge in [0.25, 0.3) is 0 Å². The van der Waals surface area contributed by atoms with Gasteiger partial charge in [-0.3, -0.25) is 6.08 Å². The van der Waals surface area contributed by atoms with Crippen LogP contribution in [0, 0.1) is 24.0 Å². The van der Waals surface area contributed by atoms with Gasteiger partial charge < -0.3 is 11.8 Å². The molecule has 0 aromatic heterocycles. The fourth-order valence-corrected chi connectivity index (χ4v) is 3.32. The van der Waals surface area contributed by atoms with Crippen LogP contribution in [0.4, 0.5) is 0 Å². The third kappa shape index (κ3) is 16.6. The van der Waals surface area contributed by atoms with Crippen molar-refractivity contribution in [2.75, 3.05) is 0 Å². The molecular weight excluding hydrogens is 599 g/mol. The monoisotopic (exact) mass is 646 g/mol. The second-order valence-corrected chi connectivity index (χ2v) is 12.3. The molecule has 0 spiro atoms. The zero-order valence-electron chi connectivity index (χ0n) is 25.8. The first-order valence-electron chi connectivity index (χ1n) is 12.8. The van der Waals surface area contributed by atoms with Crippen LogP contribution in [-0.2, 0) is 40.6 Å². The third-order valence-electron chi connectivity index (χ3n) is 5.11. The molecule has 0 bridgehead atoms. The topological polar surface area (TPSA) is 0 Å².